The molecule has 116 valence electrons. The van der Waals surface area contributed by atoms with E-state index in [-0.39, 0.29) is 0 Å². The van der Waals surface area contributed by atoms with Gasteiger partial charge < -0.3 is 0 Å². The molecule has 0 N–H and O–H groups in total. The van der Waals surface area contributed by atoms with Gasteiger partial charge in [0.25, 0.3) is 0 Å². The van der Waals surface area contributed by atoms with Gasteiger partial charge in [-0.05, 0) is 62.2 Å². The number of rotatable bonds is 6. The van der Waals surface area contributed by atoms with E-state index < -0.39 is 0 Å². The standard InChI is InChI=1S/C19H33F/c1-2-5-16-7-11-18(12-8-16)19-13-9-17(10-14-19)6-3-4-15-20/h4,15-19H,2-3,5-14H2,1H3/b15-4+/t16-,17?,18-,19?. The van der Waals surface area contributed by atoms with Gasteiger partial charge in [0.2, 0.25) is 0 Å². The Kier molecular flexibility index (Phi) is 7.10. The zero-order chi connectivity index (χ0) is 14.2. The van der Waals surface area contributed by atoms with Gasteiger partial charge in [-0.1, -0.05) is 51.5 Å². The van der Waals surface area contributed by atoms with Crippen molar-refractivity contribution in [3.63, 3.8) is 0 Å². The molecule has 0 aliphatic heterocycles. The highest BCUT2D eigenvalue weighted by Gasteiger charge is 2.30. The Hall–Kier alpha value is -0.330. The van der Waals surface area contributed by atoms with Gasteiger partial charge in [-0.15, -0.1) is 0 Å². The molecule has 0 aromatic heterocycles. The highest BCUT2D eigenvalue weighted by molar-refractivity contribution is 4.83. The molecule has 0 atom stereocenters. The van der Waals surface area contributed by atoms with Crippen LogP contribution >= 0.6 is 0 Å². The molecule has 0 aromatic rings. The average Bonchev–Trinajstić information content (AvgIpc) is 2.49. The fourth-order valence-corrected chi connectivity index (χ4v) is 4.70. The van der Waals surface area contributed by atoms with Gasteiger partial charge in [0.05, 0.1) is 6.33 Å². The maximum atomic E-state index is 12.0. The van der Waals surface area contributed by atoms with Crippen LogP contribution in [0.2, 0.25) is 0 Å². The summed E-state index contributed by atoms with van der Waals surface area (Å²) < 4.78 is 12.0. The largest absolute Gasteiger partial charge is 0.216 e. The van der Waals surface area contributed by atoms with E-state index in [0.717, 1.165) is 30.1 Å². The van der Waals surface area contributed by atoms with E-state index in [0.29, 0.717) is 6.33 Å². The fourth-order valence-electron chi connectivity index (χ4n) is 4.70. The zero-order valence-corrected chi connectivity index (χ0v) is 13.3. The van der Waals surface area contributed by atoms with Crippen molar-refractivity contribution in [2.45, 2.75) is 84.0 Å². The van der Waals surface area contributed by atoms with Crippen LogP contribution in [-0.4, -0.2) is 0 Å². The molecule has 0 nitrogen and oxygen atoms in total. The second-order valence-corrected chi connectivity index (χ2v) is 7.29. The Morgan fingerprint density at radius 2 is 1.30 bits per heavy atom. The second-order valence-electron chi connectivity index (χ2n) is 7.29. The first-order valence-corrected chi connectivity index (χ1v) is 9.08. The van der Waals surface area contributed by atoms with Gasteiger partial charge in [0.1, 0.15) is 0 Å². The van der Waals surface area contributed by atoms with E-state index in [9.17, 15) is 4.39 Å². The molecule has 2 rings (SSSR count). The van der Waals surface area contributed by atoms with Gasteiger partial charge >= 0.3 is 0 Å². The molecule has 0 unspecified atom stereocenters. The predicted molar refractivity (Wildman–Crippen MR) is 85.3 cm³/mol. The molecule has 2 aliphatic rings. The van der Waals surface area contributed by atoms with E-state index in [2.05, 4.69) is 6.92 Å². The lowest BCUT2D eigenvalue weighted by molar-refractivity contribution is 0.141. The summed E-state index contributed by atoms with van der Waals surface area (Å²) in [5, 5.41) is 0. The van der Waals surface area contributed by atoms with E-state index >= 15 is 0 Å². The Morgan fingerprint density at radius 1 is 0.800 bits per heavy atom. The lowest BCUT2D eigenvalue weighted by Gasteiger charge is -2.38. The molecule has 0 heterocycles. The first kappa shape index (κ1) is 16.0. The molecule has 2 aliphatic carbocycles. The van der Waals surface area contributed by atoms with Crippen LogP contribution in [0.5, 0.6) is 0 Å². The van der Waals surface area contributed by atoms with E-state index in [4.69, 9.17) is 0 Å². The maximum absolute atomic E-state index is 12.0. The van der Waals surface area contributed by atoms with Gasteiger partial charge in [-0.2, -0.15) is 0 Å². The van der Waals surface area contributed by atoms with Gasteiger partial charge in [-0.3, -0.25) is 0 Å². The minimum atomic E-state index is 0.709. The third-order valence-corrected chi connectivity index (χ3v) is 5.98. The van der Waals surface area contributed by atoms with Crippen LogP contribution in [0.1, 0.15) is 84.0 Å². The molecule has 0 radical (unpaired) electrons. The molecule has 0 bridgehead atoms. The van der Waals surface area contributed by atoms with E-state index in [1.807, 2.05) is 0 Å². The van der Waals surface area contributed by atoms with Crippen molar-refractivity contribution in [1.29, 1.82) is 0 Å². The third kappa shape index (κ3) is 4.90. The van der Waals surface area contributed by atoms with Crippen LogP contribution in [0.4, 0.5) is 4.39 Å². The summed E-state index contributed by atoms with van der Waals surface area (Å²) in [6.07, 6.45) is 19.1. The van der Waals surface area contributed by atoms with Crippen molar-refractivity contribution < 1.29 is 4.39 Å². The Bertz CT molecular complexity index is 267. The molecular weight excluding hydrogens is 247 g/mol. The molecule has 20 heavy (non-hydrogen) atoms. The first-order valence-electron chi connectivity index (χ1n) is 9.08. The lowest BCUT2D eigenvalue weighted by Crippen LogP contribution is -2.25. The molecule has 0 amide bonds. The summed E-state index contributed by atoms with van der Waals surface area (Å²) >= 11 is 0. The minimum absolute atomic E-state index is 0.709. The van der Waals surface area contributed by atoms with Crippen LogP contribution in [0.25, 0.3) is 0 Å². The molecule has 1 heteroatoms. The number of hydrogen-bond acceptors (Lipinski definition) is 0. The van der Waals surface area contributed by atoms with Crippen LogP contribution < -0.4 is 0 Å². The molecule has 0 saturated heterocycles. The third-order valence-electron chi connectivity index (χ3n) is 5.98. The smallest absolute Gasteiger partial charge is 0.0827 e. The summed E-state index contributed by atoms with van der Waals surface area (Å²) in [4.78, 5) is 0. The minimum Gasteiger partial charge on any atom is -0.216 e. The Morgan fingerprint density at radius 3 is 1.75 bits per heavy atom. The Labute approximate surface area is 125 Å². The van der Waals surface area contributed by atoms with Crippen LogP contribution in [0, 0.1) is 23.7 Å². The molecular formula is C19H33F. The number of halogens is 1. The quantitative estimate of drug-likeness (QED) is 0.510. The van der Waals surface area contributed by atoms with Crippen molar-refractivity contribution in [2.75, 3.05) is 0 Å². The van der Waals surface area contributed by atoms with Gasteiger partial charge in [0, 0.05) is 0 Å². The number of allylic oxidation sites excluding steroid dienone is 1. The van der Waals surface area contributed by atoms with Crippen LogP contribution in [0.15, 0.2) is 12.4 Å². The average molecular weight is 280 g/mol. The van der Waals surface area contributed by atoms with E-state index in [1.54, 1.807) is 6.08 Å². The summed E-state index contributed by atoms with van der Waals surface area (Å²) in [6, 6.07) is 0. The second kappa shape index (κ2) is 8.85. The highest BCUT2D eigenvalue weighted by atomic mass is 19.1. The molecule has 2 fully saturated rings. The van der Waals surface area contributed by atoms with Crippen molar-refractivity contribution in [3.05, 3.63) is 12.4 Å². The van der Waals surface area contributed by atoms with Gasteiger partial charge in [-0.25, -0.2) is 4.39 Å². The zero-order valence-electron chi connectivity index (χ0n) is 13.3. The van der Waals surface area contributed by atoms with Crippen molar-refractivity contribution >= 4 is 0 Å². The summed E-state index contributed by atoms with van der Waals surface area (Å²) in [6.45, 7) is 2.32. The summed E-state index contributed by atoms with van der Waals surface area (Å²) in [5.41, 5.74) is 0. The predicted octanol–water partition coefficient (Wildman–Crippen LogP) is 6.66. The topological polar surface area (TPSA) is 0 Å². The normalized spacial score (nSPS) is 35.5. The maximum Gasteiger partial charge on any atom is 0.0827 e. The van der Waals surface area contributed by atoms with Crippen molar-refractivity contribution in [1.82, 2.24) is 0 Å². The molecule has 0 aromatic carbocycles. The summed E-state index contributed by atoms with van der Waals surface area (Å²) in [7, 11) is 0. The molecule has 2 saturated carbocycles. The lowest BCUT2D eigenvalue weighted by atomic mass is 9.68. The van der Waals surface area contributed by atoms with Crippen molar-refractivity contribution in [3.8, 4) is 0 Å². The SMILES string of the molecule is CCC[C@H]1CC[C@H](C2CCC(CC/C=C/F)CC2)CC1. The van der Waals surface area contributed by atoms with Crippen LogP contribution in [-0.2, 0) is 0 Å². The van der Waals surface area contributed by atoms with Crippen LogP contribution in [0.3, 0.4) is 0 Å². The van der Waals surface area contributed by atoms with E-state index in [1.165, 1.54) is 70.6 Å². The molecule has 0 spiro atoms. The van der Waals surface area contributed by atoms with Gasteiger partial charge in [0.15, 0.2) is 0 Å². The summed E-state index contributed by atoms with van der Waals surface area (Å²) in [5.74, 6) is 3.97. The number of hydrogen-bond donors (Lipinski definition) is 0. The monoisotopic (exact) mass is 280 g/mol. The first-order chi connectivity index (χ1) is 9.83. The Balaban J connectivity index is 1.64. The fraction of sp³-hybridized carbons (Fsp3) is 0.895. The van der Waals surface area contributed by atoms with Crippen molar-refractivity contribution in [2.24, 2.45) is 23.7 Å². The highest BCUT2D eigenvalue weighted by Crippen LogP contribution is 2.42.